The van der Waals surface area contributed by atoms with Crippen molar-refractivity contribution < 1.29 is 14.5 Å². The quantitative estimate of drug-likeness (QED) is 0.653. The number of carbonyl (C=O) groups is 1. The second-order valence-electron chi connectivity index (χ2n) is 7.50. The Morgan fingerprint density at radius 3 is 2.46 bits per heavy atom. The molecule has 0 spiro atoms. The molecule has 0 aromatic carbocycles. The van der Waals surface area contributed by atoms with Gasteiger partial charge in [-0.3, -0.25) is 19.6 Å². The van der Waals surface area contributed by atoms with E-state index in [2.05, 4.69) is 10.4 Å². The number of nitro groups is 1. The van der Waals surface area contributed by atoms with Gasteiger partial charge in [-0.2, -0.15) is 0 Å². The average molecular weight is 334 g/mol. The maximum absolute atomic E-state index is 12.4. The first-order chi connectivity index (χ1) is 11.5. The lowest BCUT2D eigenvalue weighted by Crippen LogP contribution is -2.56. The fraction of sp³-hybridized carbons (Fsp3) is 0.750. The lowest BCUT2D eigenvalue weighted by molar-refractivity contribution is -0.385. The van der Waals surface area contributed by atoms with Gasteiger partial charge in [0.25, 0.3) is 0 Å². The first kappa shape index (κ1) is 15.4. The molecule has 1 aromatic rings. The summed E-state index contributed by atoms with van der Waals surface area (Å²) in [5.74, 6) is 2.73. The first-order valence-electron chi connectivity index (χ1n) is 8.58. The van der Waals surface area contributed by atoms with Gasteiger partial charge in [0.15, 0.2) is 0 Å². The summed E-state index contributed by atoms with van der Waals surface area (Å²) in [5.41, 5.74) is -0.222. The number of hydrogen-bond acceptors (Lipinski definition) is 5. The predicted octanol–water partition coefficient (Wildman–Crippen LogP) is 1.74. The van der Waals surface area contributed by atoms with Gasteiger partial charge in [0.05, 0.1) is 12.0 Å². The molecular weight excluding hydrogens is 312 g/mol. The second kappa shape index (κ2) is 5.75. The molecule has 130 valence electrons. The summed E-state index contributed by atoms with van der Waals surface area (Å²) in [6, 6.07) is 0.262. The van der Waals surface area contributed by atoms with E-state index in [1.807, 2.05) is 0 Å². The maximum atomic E-state index is 12.4. The molecule has 0 unspecified atom stereocenters. The van der Waals surface area contributed by atoms with E-state index in [1.165, 1.54) is 50.1 Å². The van der Waals surface area contributed by atoms with Gasteiger partial charge in [0.1, 0.15) is 12.7 Å². The van der Waals surface area contributed by atoms with Crippen LogP contribution in [0.2, 0.25) is 0 Å². The molecular formula is C16H22N4O4. The van der Waals surface area contributed by atoms with Gasteiger partial charge in [-0.15, -0.1) is 5.10 Å². The molecule has 4 fully saturated rings. The van der Waals surface area contributed by atoms with Gasteiger partial charge >= 0.3 is 11.6 Å². The average Bonchev–Trinajstić information content (AvgIpc) is 2.93. The zero-order valence-corrected chi connectivity index (χ0v) is 13.7. The smallest absolute Gasteiger partial charge is 0.350 e. The second-order valence-corrected chi connectivity index (χ2v) is 7.50. The summed E-state index contributed by atoms with van der Waals surface area (Å²) >= 11 is 0. The molecule has 5 rings (SSSR count). The number of hydrogen-bond donors (Lipinski definition) is 1. The van der Waals surface area contributed by atoms with Crippen molar-refractivity contribution in [2.45, 2.75) is 44.7 Å². The maximum Gasteiger partial charge on any atom is 0.350 e. The Kier molecular flexibility index (Phi) is 3.69. The van der Waals surface area contributed by atoms with Gasteiger partial charge in [0, 0.05) is 6.04 Å². The monoisotopic (exact) mass is 334 g/mol. The topological polar surface area (TPSA) is 99.3 Å². The fourth-order valence-corrected chi connectivity index (χ4v) is 5.28. The fourth-order valence-electron chi connectivity index (χ4n) is 5.28. The van der Waals surface area contributed by atoms with Gasteiger partial charge < -0.3 is 10.1 Å². The summed E-state index contributed by atoms with van der Waals surface area (Å²) in [6.45, 7) is -0.0208. The van der Waals surface area contributed by atoms with Crippen molar-refractivity contribution in [2.75, 3.05) is 7.11 Å². The van der Waals surface area contributed by atoms with Crippen LogP contribution in [0.5, 0.6) is 5.88 Å². The third-order valence-corrected chi connectivity index (χ3v) is 5.96. The normalized spacial score (nSPS) is 33.5. The molecule has 1 amide bonds. The zero-order valence-electron chi connectivity index (χ0n) is 13.7. The molecule has 24 heavy (non-hydrogen) atoms. The van der Waals surface area contributed by atoms with Crippen molar-refractivity contribution in [2.24, 2.45) is 23.7 Å². The van der Waals surface area contributed by atoms with Crippen molar-refractivity contribution in [3.8, 4) is 5.88 Å². The molecule has 4 aliphatic carbocycles. The number of aromatic nitrogens is 2. The molecule has 0 atom stereocenters. The minimum Gasteiger partial charge on any atom is -0.475 e. The highest BCUT2D eigenvalue weighted by molar-refractivity contribution is 5.76. The molecule has 0 saturated heterocycles. The van der Waals surface area contributed by atoms with Crippen LogP contribution in [0, 0.1) is 33.8 Å². The van der Waals surface area contributed by atoms with Crippen LogP contribution in [0.15, 0.2) is 6.20 Å². The van der Waals surface area contributed by atoms with Gasteiger partial charge in [-0.25, -0.2) is 0 Å². The summed E-state index contributed by atoms with van der Waals surface area (Å²) < 4.78 is 6.17. The Hall–Kier alpha value is -2.12. The zero-order chi connectivity index (χ0) is 16.8. The third-order valence-electron chi connectivity index (χ3n) is 5.96. The highest BCUT2D eigenvalue weighted by Crippen LogP contribution is 2.53. The molecule has 1 aromatic heterocycles. The standard InChI is InChI=1S/C16H22N4O4/c1-24-16-13(20(22)23)7-19(18-16)8-14(21)17-15-11-3-9-2-10(5-11)6-12(15)4-9/h7,9-12,15H,2-6,8H2,1H3,(H,17,21). The SMILES string of the molecule is COc1nn(CC(=O)NC2C3CC4CC(C3)CC2C4)cc1[N+](=O)[O-]. The van der Waals surface area contributed by atoms with E-state index >= 15 is 0 Å². The lowest BCUT2D eigenvalue weighted by Gasteiger charge is -2.54. The molecule has 0 radical (unpaired) electrons. The van der Waals surface area contributed by atoms with Crippen molar-refractivity contribution in [3.63, 3.8) is 0 Å². The van der Waals surface area contributed by atoms with E-state index in [4.69, 9.17) is 4.74 Å². The van der Waals surface area contributed by atoms with E-state index in [-0.39, 0.29) is 30.1 Å². The molecule has 8 nitrogen and oxygen atoms in total. The lowest BCUT2D eigenvalue weighted by atomic mass is 9.54. The third kappa shape index (κ3) is 2.63. The van der Waals surface area contributed by atoms with Crippen LogP contribution < -0.4 is 10.1 Å². The summed E-state index contributed by atoms with van der Waals surface area (Å²) in [4.78, 5) is 22.8. The Bertz CT molecular complexity index is 643. The number of carbonyl (C=O) groups excluding carboxylic acids is 1. The first-order valence-corrected chi connectivity index (χ1v) is 8.58. The summed E-state index contributed by atoms with van der Waals surface area (Å²) in [7, 11) is 1.33. The Labute approximate surface area is 139 Å². The minimum atomic E-state index is -0.557. The highest BCUT2D eigenvalue weighted by atomic mass is 16.6. The number of rotatable bonds is 5. The van der Waals surface area contributed by atoms with E-state index in [9.17, 15) is 14.9 Å². The van der Waals surface area contributed by atoms with Gasteiger partial charge in [0.2, 0.25) is 5.91 Å². The largest absolute Gasteiger partial charge is 0.475 e. The van der Waals surface area contributed by atoms with Gasteiger partial charge in [-0.1, -0.05) is 0 Å². The summed E-state index contributed by atoms with van der Waals surface area (Å²) in [6.07, 6.45) is 7.57. The van der Waals surface area contributed by atoms with E-state index < -0.39 is 4.92 Å². The summed E-state index contributed by atoms with van der Waals surface area (Å²) in [5, 5.41) is 18.1. The number of methoxy groups -OCH3 is 1. The van der Waals surface area contributed by atoms with Crippen LogP contribution in [0.3, 0.4) is 0 Å². The molecule has 4 aliphatic rings. The molecule has 4 bridgehead atoms. The van der Waals surface area contributed by atoms with Crippen molar-refractivity contribution >= 4 is 11.6 Å². The molecule has 4 saturated carbocycles. The van der Waals surface area contributed by atoms with E-state index in [1.54, 1.807) is 0 Å². The van der Waals surface area contributed by atoms with Crippen LogP contribution in [0.1, 0.15) is 32.1 Å². The van der Waals surface area contributed by atoms with Crippen LogP contribution in [0.4, 0.5) is 5.69 Å². The highest BCUT2D eigenvalue weighted by Gasteiger charge is 2.48. The Balaban J connectivity index is 1.41. The van der Waals surface area contributed by atoms with E-state index in [0.717, 1.165) is 11.8 Å². The Morgan fingerprint density at radius 1 is 1.33 bits per heavy atom. The van der Waals surface area contributed by atoms with Crippen LogP contribution >= 0.6 is 0 Å². The van der Waals surface area contributed by atoms with Gasteiger partial charge in [-0.05, 0) is 55.8 Å². The van der Waals surface area contributed by atoms with Crippen molar-refractivity contribution in [3.05, 3.63) is 16.3 Å². The number of ether oxygens (including phenoxy) is 1. The van der Waals surface area contributed by atoms with Crippen molar-refractivity contribution in [1.29, 1.82) is 0 Å². The number of nitrogens with one attached hydrogen (secondary N) is 1. The van der Waals surface area contributed by atoms with Crippen LogP contribution in [0.25, 0.3) is 0 Å². The minimum absolute atomic E-state index is 0.0208. The van der Waals surface area contributed by atoms with Crippen molar-refractivity contribution in [1.82, 2.24) is 15.1 Å². The number of nitrogens with zero attached hydrogens (tertiary/aromatic N) is 3. The molecule has 1 N–H and O–H groups in total. The Morgan fingerprint density at radius 2 is 1.96 bits per heavy atom. The van der Waals surface area contributed by atoms with Crippen LogP contribution in [-0.4, -0.2) is 33.8 Å². The van der Waals surface area contributed by atoms with Crippen LogP contribution in [-0.2, 0) is 11.3 Å². The van der Waals surface area contributed by atoms with E-state index in [0.29, 0.717) is 11.8 Å². The molecule has 0 aliphatic heterocycles. The predicted molar refractivity (Wildman–Crippen MR) is 84.4 cm³/mol. The molecule has 1 heterocycles. The molecule has 8 heteroatoms. The number of amides is 1.